The quantitative estimate of drug-likeness (QED) is 0.661. The van der Waals surface area contributed by atoms with Gasteiger partial charge in [0.05, 0.1) is 21.1 Å². The van der Waals surface area contributed by atoms with Crippen LogP contribution in [0.3, 0.4) is 0 Å². The predicted octanol–water partition coefficient (Wildman–Crippen LogP) is 2.16. The summed E-state index contributed by atoms with van der Waals surface area (Å²) in [6.45, 7) is 3.72. The van der Waals surface area contributed by atoms with Crippen molar-refractivity contribution in [3.63, 3.8) is 0 Å². The van der Waals surface area contributed by atoms with E-state index in [9.17, 15) is 16.8 Å². The maximum absolute atomic E-state index is 13.1. The van der Waals surface area contributed by atoms with Crippen LogP contribution >= 0.6 is 22.9 Å². The van der Waals surface area contributed by atoms with Gasteiger partial charge in [0.25, 0.3) is 0 Å². The first-order chi connectivity index (χ1) is 13.7. The van der Waals surface area contributed by atoms with Crippen LogP contribution < -0.4 is 0 Å². The maximum Gasteiger partial charge on any atom is 0.193 e. The summed E-state index contributed by atoms with van der Waals surface area (Å²) in [5.41, 5.74) is 1.24. The SMILES string of the molecule is O=S1(=O)C[C@H](N2CCN(Cc3ccccc3)CC2)[C@@H](S(=O)(=O)c2ccc(Cl)s2)C1. The summed E-state index contributed by atoms with van der Waals surface area (Å²) in [4.78, 5) is 4.36. The molecule has 2 atom stereocenters. The fourth-order valence-electron chi connectivity index (χ4n) is 4.13. The van der Waals surface area contributed by atoms with E-state index < -0.39 is 31.0 Å². The van der Waals surface area contributed by atoms with Gasteiger partial charge in [-0.25, -0.2) is 16.8 Å². The van der Waals surface area contributed by atoms with E-state index in [4.69, 9.17) is 11.6 Å². The number of sulfone groups is 2. The first-order valence-corrected chi connectivity index (χ1v) is 14.0. The Bertz CT molecular complexity index is 1060. The van der Waals surface area contributed by atoms with Crippen molar-refractivity contribution in [1.29, 1.82) is 0 Å². The van der Waals surface area contributed by atoms with Gasteiger partial charge in [-0.3, -0.25) is 9.80 Å². The third kappa shape index (κ3) is 4.70. The molecule has 2 aliphatic rings. The molecule has 2 fully saturated rings. The van der Waals surface area contributed by atoms with E-state index in [0.29, 0.717) is 17.4 Å². The number of piperazine rings is 1. The Morgan fingerprint density at radius 3 is 2.31 bits per heavy atom. The van der Waals surface area contributed by atoms with Gasteiger partial charge in [0.2, 0.25) is 0 Å². The number of thiophene rings is 1. The molecule has 0 aliphatic carbocycles. The average Bonchev–Trinajstić information content (AvgIpc) is 3.27. The maximum atomic E-state index is 13.1. The van der Waals surface area contributed by atoms with E-state index in [1.165, 1.54) is 11.6 Å². The lowest BCUT2D eigenvalue weighted by molar-refractivity contribution is 0.101. The van der Waals surface area contributed by atoms with Crippen molar-refractivity contribution in [3.05, 3.63) is 52.4 Å². The fourth-order valence-corrected chi connectivity index (χ4v) is 10.7. The predicted molar refractivity (Wildman–Crippen MR) is 116 cm³/mol. The number of hydrogen-bond donors (Lipinski definition) is 0. The summed E-state index contributed by atoms with van der Waals surface area (Å²) >= 11 is 6.90. The standard InChI is InChI=1S/C19H23ClN2O4S3/c20-18-6-7-19(27-18)29(25,26)17-14-28(23,24)13-16(17)22-10-8-21(9-11-22)12-15-4-2-1-3-5-15/h1-7,16-17H,8-14H2/t16-,17-/m0/s1. The zero-order valence-electron chi connectivity index (χ0n) is 15.8. The monoisotopic (exact) mass is 474 g/mol. The molecule has 0 radical (unpaired) electrons. The second kappa shape index (κ2) is 8.28. The van der Waals surface area contributed by atoms with Gasteiger partial charge in [-0.2, -0.15) is 0 Å². The van der Waals surface area contributed by atoms with Crippen molar-refractivity contribution in [3.8, 4) is 0 Å². The highest BCUT2D eigenvalue weighted by atomic mass is 35.5. The van der Waals surface area contributed by atoms with Crippen LogP contribution in [0.5, 0.6) is 0 Å². The lowest BCUT2D eigenvalue weighted by Gasteiger charge is -2.39. The van der Waals surface area contributed by atoms with Crippen LogP contribution in [0.2, 0.25) is 4.34 Å². The van der Waals surface area contributed by atoms with Crippen molar-refractivity contribution in [1.82, 2.24) is 9.80 Å². The van der Waals surface area contributed by atoms with Gasteiger partial charge in [-0.15, -0.1) is 11.3 Å². The second-order valence-electron chi connectivity index (χ2n) is 7.58. The molecule has 2 aromatic rings. The Morgan fingerprint density at radius 2 is 1.69 bits per heavy atom. The Morgan fingerprint density at radius 1 is 1.00 bits per heavy atom. The number of hydrogen-bond acceptors (Lipinski definition) is 7. The van der Waals surface area contributed by atoms with Crippen molar-refractivity contribution in [2.75, 3.05) is 37.7 Å². The molecule has 6 nitrogen and oxygen atoms in total. The highest BCUT2D eigenvalue weighted by Gasteiger charge is 2.49. The highest BCUT2D eigenvalue weighted by molar-refractivity contribution is 7.97. The molecule has 1 aromatic carbocycles. The molecule has 29 heavy (non-hydrogen) atoms. The van der Waals surface area contributed by atoms with Gasteiger partial charge in [-0.05, 0) is 17.7 Å². The van der Waals surface area contributed by atoms with Crippen LogP contribution in [-0.2, 0) is 26.2 Å². The number of rotatable bonds is 5. The van der Waals surface area contributed by atoms with Crippen LogP contribution in [-0.4, -0.2) is 75.6 Å². The molecule has 3 heterocycles. The smallest absolute Gasteiger partial charge is 0.193 e. The van der Waals surface area contributed by atoms with Gasteiger partial charge in [0.15, 0.2) is 19.7 Å². The van der Waals surface area contributed by atoms with Crippen LogP contribution in [0, 0.1) is 0 Å². The molecule has 10 heteroatoms. The van der Waals surface area contributed by atoms with E-state index in [-0.39, 0.29) is 15.7 Å². The van der Waals surface area contributed by atoms with Gasteiger partial charge in [0, 0.05) is 38.8 Å². The summed E-state index contributed by atoms with van der Waals surface area (Å²) in [5, 5.41) is -0.942. The van der Waals surface area contributed by atoms with Gasteiger partial charge < -0.3 is 0 Å². The first-order valence-electron chi connectivity index (χ1n) is 9.45. The van der Waals surface area contributed by atoms with Gasteiger partial charge >= 0.3 is 0 Å². The Balaban J connectivity index is 1.48. The summed E-state index contributed by atoms with van der Waals surface area (Å²) in [7, 11) is -7.15. The molecular formula is C19H23ClN2O4S3. The lowest BCUT2D eigenvalue weighted by atomic mass is 10.1. The molecule has 0 spiro atoms. The Hall–Kier alpha value is -0.970. The molecule has 1 aromatic heterocycles. The van der Waals surface area contributed by atoms with Crippen LogP contribution in [0.1, 0.15) is 5.56 Å². The molecule has 0 saturated carbocycles. The zero-order valence-corrected chi connectivity index (χ0v) is 19.0. The minimum Gasteiger partial charge on any atom is -0.297 e. The molecule has 0 amide bonds. The normalized spacial score (nSPS) is 26.0. The largest absolute Gasteiger partial charge is 0.297 e. The molecule has 0 bridgehead atoms. The first kappa shape index (κ1) is 21.3. The van der Waals surface area contributed by atoms with Crippen molar-refractivity contribution in [2.24, 2.45) is 0 Å². The third-order valence-corrected chi connectivity index (χ3v) is 11.5. The van der Waals surface area contributed by atoms with E-state index in [2.05, 4.69) is 17.0 Å². The molecule has 0 N–H and O–H groups in total. The number of halogens is 1. The summed E-state index contributed by atoms with van der Waals surface area (Å²) in [6.07, 6.45) is 0. The third-order valence-electron chi connectivity index (χ3n) is 5.62. The minimum atomic E-state index is -3.75. The van der Waals surface area contributed by atoms with Gasteiger partial charge in [-0.1, -0.05) is 41.9 Å². The van der Waals surface area contributed by atoms with Crippen LogP contribution in [0.15, 0.2) is 46.7 Å². The Kier molecular flexibility index (Phi) is 6.07. The molecule has 2 aliphatic heterocycles. The molecule has 4 rings (SSSR count). The minimum absolute atomic E-state index is 0.102. The number of benzene rings is 1. The van der Waals surface area contributed by atoms with E-state index in [1.807, 2.05) is 23.1 Å². The van der Waals surface area contributed by atoms with E-state index in [1.54, 1.807) is 6.07 Å². The molecular weight excluding hydrogens is 452 g/mol. The fraction of sp³-hybridized carbons (Fsp3) is 0.474. The van der Waals surface area contributed by atoms with Crippen molar-refractivity contribution in [2.45, 2.75) is 22.0 Å². The second-order valence-corrected chi connectivity index (χ2v) is 13.8. The zero-order chi connectivity index (χ0) is 20.6. The average molecular weight is 475 g/mol. The van der Waals surface area contributed by atoms with Crippen LogP contribution in [0.25, 0.3) is 0 Å². The van der Waals surface area contributed by atoms with Gasteiger partial charge in [0.1, 0.15) is 4.21 Å². The summed E-state index contributed by atoms with van der Waals surface area (Å²) < 4.78 is 51.5. The van der Waals surface area contributed by atoms with E-state index in [0.717, 1.165) is 31.0 Å². The summed E-state index contributed by atoms with van der Waals surface area (Å²) in [5.74, 6) is -0.422. The molecule has 158 valence electrons. The lowest BCUT2D eigenvalue weighted by Crippen LogP contribution is -2.54. The molecule has 2 saturated heterocycles. The van der Waals surface area contributed by atoms with Crippen molar-refractivity contribution < 1.29 is 16.8 Å². The highest BCUT2D eigenvalue weighted by Crippen LogP contribution is 2.34. The van der Waals surface area contributed by atoms with Crippen LogP contribution in [0.4, 0.5) is 0 Å². The topological polar surface area (TPSA) is 74.8 Å². The summed E-state index contributed by atoms with van der Waals surface area (Å²) in [6, 6.07) is 12.7. The van der Waals surface area contributed by atoms with E-state index >= 15 is 0 Å². The number of nitrogens with zero attached hydrogens (tertiary/aromatic N) is 2. The van der Waals surface area contributed by atoms with Crippen molar-refractivity contribution >= 4 is 42.6 Å². The Labute approximate surface area is 180 Å². The molecule has 0 unspecified atom stereocenters.